The molecule has 3 aromatic rings. The number of hydrogen-bond donors (Lipinski definition) is 1. The van der Waals surface area contributed by atoms with Gasteiger partial charge in [-0.3, -0.25) is 0 Å². The van der Waals surface area contributed by atoms with E-state index < -0.39 is 12.1 Å². The van der Waals surface area contributed by atoms with Crippen LogP contribution in [0.15, 0.2) is 66.7 Å². The van der Waals surface area contributed by atoms with Gasteiger partial charge >= 0.3 is 6.09 Å². The summed E-state index contributed by atoms with van der Waals surface area (Å²) < 4.78 is 4.90. The molecule has 6 nitrogen and oxygen atoms in total. The van der Waals surface area contributed by atoms with Gasteiger partial charge in [0.25, 0.3) is 0 Å². The van der Waals surface area contributed by atoms with Crippen LogP contribution in [0.5, 0.6) is 0 Å². The Hall–Kier alpha value is -2.96. The molecule has 3 rings (SSSR count). The van der Waals surface area contributed by atoms with Crippen molar-refractivity contribution in [3.8, 4) is 0 Å². The zero-order valence-electron chi connectivity index (χ0n) is 14.7. The van der Waals surface area contributed by atoms with Crippen LogP contribution in [0.3, 0.4) is 0 Å². The molecule has 2 N–H and O–H groups in total. The van der Waals surface area contributed by atoms with Crippen LogP contribution >= 0.6 is 11.6 Å². The number of halogens is 1. The van der Waals surface area contributed by atoms with Gasteiger partial charge in [-0.1, -0.05) is 60.1 Å². The maximum atomic E-state index is 12.3. The number of para-hydroxylation sites is 1. The fourth-order valence-electron chi connectivity index (χ4n) is 2.73. The minimum absolute atomic E-state index is 0.208. The van der Waals surface area contributed by atoms with Gasteiger partial charge in [0, 0.05) is 11.6 Å². The number of benzene rings is 2. The zero-order chi connectivity index (χ0) is 19.2. The molecule has 0 saturated heterocycles. The van der Waals surface area contributed by atoms with Crippen molar-refractivity contribution < 1.29 is 9.53 Å². The van der Waals surface area contributed by atoms with Crippen LogP contribution in [0.1, 0.15) is 17.2 Å². The van der Waals surface area contributed by atoms with E-state index in [2.05, 4.69) is 10.2 Å². The van der Waals surface area contributed by atoms with Crippen LogP contribution in [0, 0.1) is 0 Å². The van der Waals surface area contributed by atoms with E-state index in [0.717, 1.165) is 5.56 Å². The first-order chi connectivity index (χ1) is 13.1. The van der Waals surface area contributed by atoms with Crippen molar-refractivity contribution in [2.24, 2.45) is 5.73 Å². The van der Waals surface area contributed by atoms with E-state index in [4.69, 9.17) is 22.1 Å². The molecule has 1 unspecified atom stereocenters. The predicted octanol–water partition coefficient (Wildman–Crippen LogP) is 4.28. The fourth-order valence-corrected chi connectivity index (χ4v) is 2.96. The molecule has 0 radical (unpaired) electrons. The average molecular weight is 383 g/mol. The quantitative estimate of drug-likeness (QED) is 0.712. The second kappa shape index (κ2) is 8.62. The summed E-state index contributed by atoms with van der Waals surface area (Å²) in [5.74, 6) is 0.288. The normalized spacial score (nSPS) is 11.7. The minimum atomic E-state index is -0.583. The molecule has 27 heavy (non-hydrogen) atoms. The monoisotopic (exact) mass is 382 g/mol. The molecule has 0 aliphatic carbocycles. The highest BCUT2D eigenvalue weighted by molar-refractivity contribution is 6.30. The molecule has 1 aromatic heterocycles. The highest BCUT2D eigenvalue weighted by Gasteiger charge is 2.23. The molecule has 0 bridgehead atoms. The Morgan fingerprint density at radius 2 is 1.74 bits per heavy atom. The molecule has 1 heterocycles. The molecule has 1 amide bonds. The van der Waals surface area contributed by atoms with E-state index in [9.17, 15) is 4.79 Å². The number of aromatic nitrogens is 2. The number of carbonyl (C=O) groups excluding carboxylic acids is 1. The van der Waals surface area contributed by atoms with Crippen LogP contribution in [0.2, 0.25) is 5.15 Å². The Morgan fingerprint density at radius 1 is 1.11 bits per heavy atom. The molecule has 7 heteroatoms. The van der Waals surface area contributed by atoms with Crippen LogP contribution in [0.25, 0.3) is 0 Å². The number of rotatable bonds is 5. The summed E-state index contributed by atoms with van der Waals surface area (Å²) in [5, 5.41) is 8.26. The molecular weight excluding hydrogens is 364 g/mol. The maximum absolute atomic E-state index is 12.3. The van der Waals surface area contributed by atoms with E-state index in [0.29, 0.717) is 17.7 Å². The van der Waals surface area contributed by atoms with Gasteiger partial charge in [0.1, 0.15) is 0 Å². The van der Waals surface area contributed by atoms with Gasteiger partial charge in [0.05, 0.1) is 12.8 Å². The Bertz CT molecular complexity index is 906. The fraction of sp³-hybridized carbons (Fsp3) is 0.150. The number of carbonyl (C=O) groups is 1. The van der Waals surface area contributed by atoms with Gasteiger partial charge in [-0.05, 0) is 30.2 Å². The lowest BCUT2D eigenvalue weighted by molar-refractivity contribution is 0.181. The van der Waals surface area contributed by atoms with E-state index in [-0.39, 0.29) is 11.0 Å². The summed E-state index contributed by atoms with van der Waals surface area (Å²) >= 11 is 6.23. The molecule has 0 aliphatic rings. The van der Waals surface area contributed by atoms with Crippen molar-refractivity contribution in [1.82, 2.24) is 10.2 Å². The Balaban J connectivity index is 1.96. The molecule has 0 saturated carbocycles. The Kier molecular flexibility index (Phi) is 6.01. The summed E-state index contributed by atoms with van der Waals surface area (Å²) in [6.45, 7) is 0. The van der Waals surface area contributed by atoms with Crippen molar-refractivity contribution in [1.29, 1.82) is 0 Å². The molecule has 138 valence electrons. The van der Waals surface area contributed by atoms with Crippen molar-refractivity contribution in [3.63, 3.8) is 0 Å². The van der Waals surface area contributed by atoms with Gasteiger partial charge in [-0.25, -0.2) is 9.69 Å². The maximum Gasteiger partial charge on any atom is 0.419 e. The van der Waals surface area contributed by atoms with Crippen molar-refractivity contribution in [2.75, 3.05) is 12.0 Å². The third-order valence-corrected chi connectivity index (χ3v) is 4.36. The smallest absolute Gasteiger partial charge is 0.419 e. The second-order valence-electron chi connectivity index (χ2n) is 5.89. The first kappa shape index (κ1) is 18.8. The van der Waals surface area contributed by atoms with Crippen molar-refractivity contribution in [3.05, 3.63) is 83.0 Å². The van der Waals surface area contributed by atoms with Gasteiger partial charge in [-0.2, -0.15) is 0 Å². The molecule has 1 atom stereocenters. The first-order valence-electron chi connectivity index (χ1n) is 8.36. The summed E-state index contributed by atoms with van der Waals surface area (Å²) in [5.41, 5.74) is 8.64. The number of hydrogen-bond acceptors (Lipinski definition) is 5. The molecule has 0 fully saturated rings. The summed E-state index contributed by atoms with van der Waals surface area (Å²) in [6, 6.07) is 20.2. The van der Waals surface area contributed by atoms with Crippen LogP contribution in [-0.2, 0) is 11.2 Å². The molecular formula is C20H19ClN4O2. The van der Waals surface area contributed by atoms with E-state index in [1.807, 2.05) is 48.5 Å². The number of methoxy groups -OCH3 is 1. The first-order valence-corrected chi connectivity index (χ1v) is 8.73. The molecule has 2 aromatic carbocycles. The number of nitrogens with zero attached hydrogens (tertiary/aromatic N) is 3. The number of anilines is 2. The SMILES string of the molecule is COC(=O)N(c1ccccc1)c1cc(C(N)Cc2ccccc2)c(Cl)nn1. The van der Waals surface area contributed by atoms with Crippen LogP contribution in [0.4, 0.5) is 16.3 Å². The van der Waals surface area contributed by atoms with Crippen LogP contribution < -0.4 is 10.6 Å². The number of nitrogens with two attached hydrogens (primary N) is 1. The van der Waals surface area contributed by atoms with Gasteiger partial charge in [0.15, 0.2) is 11.0 Å². The lowest BCUT2D eigenvalue weighted by atomic mass is 10.0. The van der Waals surface area contributed by atoms with E-state index in [1.54, 1.807) is 18.2 Å². The molecule has 0 spiro atoms. The van der Waals surface area contributed by atoms with E-state index in [1.165, 1.54) is 12.0 Å². The topological polar surface area (TPSA) is 81.3 Å². The predicted molar refractivity (Wildman–Crippen MR) is 105 cm³/mol. The Morgan fingerprint density at radius 3 is 2.37 bits per heavy atom. The van der Waals surface area contributed by atoms with Gasteiger partial charge in [0.2, 0.25) is 0 Å². The van der Waals surface area contributed by atoms with Crippen LogP contribution in [-0.4, -0.2) is 23.4 Å². The number of amides is 1. The van der Waals surface area contributed by atoms with Crippen molar-refractivity contribution in [2.45, 2.75) is 12.5 Å². The van der Waals surface area contributed by atoms with Gasteiger partial charge < -0.3 is 10.5 Å². The average Bonchev–Trinajstić information content (AvgIpc) is 2.70. The van der Waals surface area contributed by atoms with Gasteiger partial charge in [-0.15, -0.1) is 10.2 Å². The largest absolute Gasteiger partial charge is 0.452 e. The summed E-state index contributed by atoms with van der Waals surface area (Å²) in [7, 11) is 1.31. The third kappa shape index (κ3) is 4.42. The second-order valence-corrected chi connectivity index (χ2v) is 6.24. The third-order valence-electron chi connectivity index (χ3n) is 4.06. The lowest BCUT2D eigenvalue weighted by Gasteiger charge is -2.21. The van der Waals surface area contributed by atoms with Crippen molar-refractivity contribution >= 4 is 29.2 Å². The minimum Gasteiger partial charge on any atom is -0.452 e. The Labute approximate surface area is 162 Å². The summed E-state index contributed by atoms with van der Waals surface area (Å²) in [4.78, 5) is 13.7. The highest BCUT2D eigenvalue weighted by Crippen LogP contribution is 2.29. The zero-order valence-corrected chi connectivity index (χ0v) is 15.5. The number of ether oxygens (including phenoxy) is 1. The highest BCUT2D eigenvalue weighted by atomic mass is 35.5. The summed E-state index contributed by atoms with van der Waals surface area (Å²) in [6.07, 6.45) is -0.00433. The molecule has 0 aliphatic heterocycles. The lowest BCUT2D eigenvalue weighted by Crippen LogP contribution is -2.27. The van der Waals surface area contributed by atoms with E-state index >= 15 is 0 Å². The standard InChI is InChI=1S/C20H19ClN4O2/c1-27-20(26)25(15-10-6-3-7-11-15)18-13-16(19(21)24-23-18)17(22)12-14-8-4-2-5-9-14/h2-11,13,17H,12,22H2,1H3.